The van der Waals surface area contributed by atoms with Crippen LogP contribution in [0.2, 0.25) is 5.02 Å². The summed E-state index contributed by atoms with van der Waals surface area (Å²) in [6.07, 6.45) is 0.849. The van der Waals surface area contributed by atoms with E-state index in [1.54, 1.807) is 31.4 Å². The van der Waals surface area contributed by atoms with Crippen molar-refractivity contribution in [2.75, 3.05) is 32.1 Å². The summed E-state index contributed by atoms with van der Waals surface area (Å²) in [5.74, 6) is 0.378. The van der Waals surface area contributed by atoms with Gasteiger partial charge >= 0.3 is 0 Å². The molecule has 40 heavy (non-hydrogen) atoms. The van der Waals surface area contributed by atoms with Crippen LogP contribution < -0.4 is 26.2 Å². The molecule has 1 aromatic heterocycles. The van der Waals surface area contributed by atoms with Gasteiger partial charge in [0.1, 0.15) is 11.5 Å². The van der Waals surface area contributed by atoms with Gasteiger partial charge in [-0.05, 0) is 42.2 Å². The number of methoxy groups -OCH3 is 1. The first-order valence-electron chi connectivity index (χ1n) is 13.0. The van der Waals surface area contributed by atoms with E-state index >= 15 is 0 Å². The van der Waals surface area contributed by atoms with Crippen molar-refractivity contribution in [1.29, 1.82) is 0 Å². The Bertz CT molecular complexity index is 1510. The molecule has 0 fully saturated rings. The van der Waals surface area contributed by atoms with Crippen LogP contribution in [0.5, 0.6) is 11.5 Å². The fourth-order valence-corrected chi connectivity index (χ4v) is 4.72. The normalized spacial score (nSPS) is 11.8. The summed E-state index contributed by atoms with van der Waals surface area (Å²) in [5.41, 5.74) is 3.10. The molecule has 4 rings (SSSR count). The van der Waals surface area contributed by atoms with Gasteiger partial charge in [-0.1, -0.05) is 48.0 Å². The van der Waals surface area contributed by atoms with Crippen molar-refractivity contribution in [3.05, 3.63) is 98.8 Å². The second kappa shape index (κ2) is 13.8. The molecule has 6 N–H and O–H groups in total. The molecule has 1 amide bonds. The lowest BCUT2D eigenvalue weighted by molar-refractivity contribution is -0.119. The number of carbonyl (C=O) groups excluding carboxylic acids is 1. The lowest BCUT2D eigenvalue weighted by atomic mass is 10.0. The standard InChI is InChI=1S/C30H33ClN4O5/c1-40-27-15-24(34-18-29(39)33-13-5-8-19-6-3-2-4-7-19)23(31)14-20(27)16-32-17-26(37)21-9-11-25(36)30-22(21)10-12-28(38)35-30/h2-4,6-7,9-12,14-15,26,32,34,36-37H,5,8,13,16-18H2,1H3,(H,33,39)(H,35,38)/t26-/m0/s1. The van der Waals surface area contributed by atoms with Crippen LogP contribution in [0.1, 0.15) is 29.2 Å². The van der Waals surface area contributed by atoms with Gasteiger partial charge in [-0.25, -0.2) is 0 Å². The molecule has 0 radical (unpaired) electrons. The molecule has 0 saturated heterocycles. The highest BCUT2D eigenvalue weighted by molar-refractivity contribution is 6.33. The van der Waals surface area contributed by atoms with E-state index in [2.05, 4.69) is 33.1 Å². The largest absolute Gasteiger partial charge is 0.506 e. The fraction of sp³-hybridized carbons (Fsp3) is 0.267. The zero-order chi connectivity index (χ0) is 28.5. The minimum atomic E-state index is -0.900. The molecule has 0 aliphatic rings. The van der Waals surface area contributed by atoms with E-state index < -0.39 is 6.10 Å². The number of aliphatic hydroxyl groups is 1. The van der Waals surface area contributed by atoms with Gasteiger partial charge in [0.05, 0.1) is 36.0 Å². The lowest BCUT2D eigenvalue weighted by Crippen LogP contribution is -2.30. The molecule has 0 aliphatic carbocycles. The highest BCUT2D eigenvalue weighted by atomic mass is 35.5. The number of aryl methyl sites for hydroxylation is 1. The van der Waals surface area contributed by atoms with Crippen LogP contribution in [-0.2, 0) is 17.8 Å². The number of phenols is 1. The summed E-state index contributed by atoms with van der Waals surface area (Å²) in [6, 6.07) is 19.6. The third-order valence-electron chi connectivity index (χ3n) is 6.54. The number of phenolic OH excluding ortho intramolecular Hbond substituents is 1. The van der Waals surface area contributed by atoms with Gasteiger partial charge in [0, 0.05) is 42.7 Å². The smallest absolute Gasteiger partial charge is 0.248 e. The highest BCUT2D eigenvalue weighted by Gasteiger charge is 2.15. The average molecular weight is 565 g/mol. The molecule has 1 heterocycles. The van der Waals surface area contributed by atoms with Crippen LogP contribution in [0.25, 0.3) is 10.9 Å². The minimum absolute atomic E-state index is 0.0646. The number of nitrogens with one attached hydrogen (secondary N) is 4. The number of benzene rings is 3. The van der Waals surface area contributed by atoms with E-state index in [-0.39, 0.29) is 35.8 Å². The van der Waals surface area contributed by atoms with Gasteiger partial charge in [-0.3, -0.25) is 9.59 Å². The number of ether oxygens (including phenoxy) is 1. The van der Waals surface area contributed by atoms with Crippen molar-refractivity contribution < 1.29 is 19.7 Å². The van der Waals surface area contributed by atoms with E-state index in [1.165, 1.54) is 17.7 Å². The van der Waals surface area contributed by atoms with Crippen molar-refractivity contribution in [1.82, 2.24) is 15.6 Å². The number of H-pyrrole nitrogens is 1. The van der Waals surface area contributed by atoms with Crippen LogP contribution >= 0.6 is 11.6 Å². The summed E-state index contributed by atoms with van der Waals surface area (Å²) in [7, 11) is 1.55. The topological polar surface area (TPSA) is 136 Å². The molecule has 210 valence electrons. The summed E-state index contributed by atoms with van der Waals surface area (Å²) < 4.78 is 5.53. The van der Waals surface area contributed by atoms with Gasteiger partial charge in [-0.2, -0.15) is 0 Å². The van der Waals surface area contributed by atoms with Crippen molar-refractivity contribution in [3.63, 3.8) is 0 Å². The van der Waals surface area contributed by atoms with E-state index in [0.717, 1.165) is 18.4 Å². The first-order valence-corrected chi connectivity index (χ1v) is 13.4. The Morgan fingerprint density at radius 1 is 1.10 bits per heavy atom. The van der Waals surface area contributed by atoms with E-state index in [0.29, 0.717) is 40.5 Å². The molecule has 0 unspecified atom stereocenters. The SMILES string of the molecule is COc1cc(NCC(=O)NCCCc2ccccc2)c(Cl)cc1CNC[C@H](O)c1ccc(O)c2[nH]c(=O)ccc12. The second-order valence-electron chi connectivity index (χ2n) is 9.37. The maximum absolute atomic E-state index is 12.3. The quantitative estimate of drug-likeness (QED) is 0.136. The van der Waals surface area contributed by atoms with Gasteiger partial charge in [0.15, 0.2) is 0 Å². The van der Waals surface area contributed by atoms with Gasteiger partial charge in [-0.15, -0.1) is 0 Å². The molecule has 4 aromatic rings. The molecular weight excluding hydrogens is 532 g/mol. The van der Waals surface area contributed by atoms with E-state index in [4.69, 9.17) is 16.3 Å². The molecule has 1 atom stereocenters. The lowest BCUT2D eigenvalue weighted by Gasteiger charge is -2.17. The molecule has 0 spiro atoms. The number of halogens is 1. The molecule has 0 aliphatic heterocycles. The third-order valence-corrected chi connectivity index (χ3v) is 6.85. The fourth-order valence-electron chi connectivity index (χ4n) is 4.46. The third kappa shape index (κ3) is 7.53. The Morgan fingerprint density at radius 3 is 2.67 bits per heavy atom. The summed E-state index contributed by atoms with van der Waals surface area (Å²) in [6.45, 7) is 1.21. The van der Waals surface area contributed by atoms with Crippen molar-refractivity contribution in [2.45, 2.75) is 25.5 Å². The average Bonchev–Trinajstić information content (AvgIpc) is 2.95. The maximum atomic E-state index is 12.3. The highest BCUT2D eigenvalue weighted by Crippen LogP contribution is 2.32. The van der Waals surface area contributed by atoms with Gasteiger partial charge < -0.3 is 35.9 Å². The van der Waals surface area contributed by atoms with Crippen LogP contribution in [0.4, 0.5) is 5.69 Å². The number of aromatic amines is 1. The van der Waals surface area contributed by atoms with Crippen LogP contribution in [-0.4, -0.2) is 47.8 Å². The number of hydrogen-bond acceptors (Lipinski definition) is 7. The molecular formula is C30H33ClN4O5. The van der Waals surface area contributed by atoms with Gasteiger partial charge in [0.2, 0.25) is 11.5 Å². The zero-order valence-corrected chi connectivity index (χ0v) is 22.9. The van der Waals surface area contributed by atoms with E-state index in [1.807, 2.05) is 18.2 Å². The molecule has 3 aromatic carbocycles. The van der Waals surface area contributed by atoms with Crippen LogP contribution in [0.15, 0.2) is 71.5 Å². The van der Waals surface area contributed by atoms with Crippen molar-refractivity contribution in [2.24, 2.45) is 0 Å². The van der Waals surface area contributed by atoms with Crippen LogP contribution in [0, 0.1) is 0 Å². The van der Waals surface area contributed by atoms with Crippen molar-refractivity contribution >= 4 is 34.1 Å². The Balaban J connectivity index is 1.29. The molecule has 0 bridgehead atoms. The number of amides is 1. The van der Waals surface area contributed by atoms with Gasteiger partial charge in [0.25, 0.3) is 0 Å². The predicted molar refractivity (Wildman–Crippen MR) is 157 cm³/mol. The monoisotopic (exact) mass is 564 g/mol. The Labute approximate surface area is 237 Å². The predicted octanol–water partition coefficient (Wildman–Crippen LogP) is 3.88. The minimum Gasteiger partial charge on any atom is -0.506 e. The number of anilines is 1. The molecule has 10 heteroatoms. The summed E-state index contributed by atoms with van der Waals surface area (Å²) in [5, 5.41) is 31.0. The summed E-state index contributed by atoms with van der Waals surface area (Å²) >= 11 is 6.49. The number of aliphatic hydroxyl groups excluding tert-OH is 1. The van der Waals surface area contributed by atoms with E-state index in [9.17, 15) is 19.8 Å². The number of fused-ring (bicyclic) bond motifs is 1. The molecule has 9 nitrogen and oxygen atoms in total. The maximum Gasteiger partial charge on any atom is 0.248 e. The number of aromatic hydroxyl groups is 1. The Kier molecular flexibility index (Phi) is 10.0. The summed E-state index contributed by atoms with van der Waals surface area (Å²) in [4.78, 5) is 26.5. The Morgan fingerprint density at radius 2 is 1.90 bits per heavy atom. The van der Waals surface area contributed by atoms with Crippen LogP contribution in [0.3, 0.4) is 0 Å². The number of rotatable bonds is 13. The first kappa shape index (κ1) is 28.9. The molecule has 0 saturated carbocycles. The van der Waals surface area contributed by atoms with Crippen molar-refractivity contribution in [3.8, 4) is 11.5 Å². The number of aromatic nitrogens is 1. The Hall–Kier alpha value is -4.05. The zero-order valence-electron chi connectivity index (χ0n) is 22.2. The number of hydrogen-bond donors (Lipinski definition) is 6. The number of pyridine rings is 1. The first-order chi connectivity index (χ1) is 19.4. The number of carbonyl (C=O) groups is 1. The second-order valence-corrected chi connectivity index (χ2v) is 9.78.